The van der Waals surface area contributed by atoms with Crippen LogP contribution in [0.15, 0.2) is 52.4 Å². The van der Waals surface area contributed by atoms with Gasteiger partial charge in [-0.05, 0) is 76.9 Å². The van der Waals surface area contributed by atoms with Gasteiger partial charge in [-0.2, -0.15) is 4.31 Å². The molecule has 1 amide bonds. The summed E-state index contributed by atoms with van der Waals surface area (Å²) in [4.78, 5) is 18.2. The van der Waals surface area contributed by atoms with Crippen LogP contribution >= 0.6 is 0 Å². The highest BCUT2D eigenvalue weighted by Gasteiger charge is 2.34. The molecule has 0 radical (unpaired) electrons. The molecule has 2 fully saturated rings. The first-order valence-electron chi connectivity index (χ1n) is 12.6. The molecule has 2 heterocycles. The van der Waals surface area contributed by atoms with Gasteiger partial charge in [-0.25, -0.2) is 31.3 Å². The van der Waals surface area contributed by atoms with E-state index in [1.54, 1.807) is 52.0 Å². The smallest absolute Gasteiger partial charge is 0.413 e. The fourth-order valence-electron chi connectivity index (χ4n) is 4.04. The van der Waals surface area contributed by atoms with Crippen LogP contribution in [0, 0.1) is 11.8 Å². The van der Waals surface area contributed by atoms with Gasteiger partial charge in [0, 0.05) is 37.6 Å². The summed E-state index contributed by atoms with van der Waals surface area (Å²) in [5, 5.41) is 2.48. The number of carbonyl (C=O) groups excluding carboxylic acids is 1. The Kier molecular flexibility index (Phi) is 8.22. The Balaban J connectivity index is 1.45. The van der Waals surface area contributed by atoms with E-state index >= 15 is 0 Å². The van der Waals surface area contributed by atoms with E-state index in [1.807, 2.05) is 4.90 Å². The van der Waals surface area contributed by atoms with Crippen LogP contribution in [-0.2, 0) is 24.8 Å². The maximum absolute atomic E-state index is 13.4. The minimum absolute atomic E-state index is 0.00776. The minimum atomic E-state index is -3.88. The van der Waals surface area contributed by atoms with E-state index in [9.17, 15) is 21.6 Å². The van der Waals surface area contributed by atoms with Crippen LogP contribution in [0.5, 0.6) is 0 Å². The summed E-state index contributed by atoms with van der Waals surface area (Å²) >= 11 is 0. The first kappa shape index (κ1) is 28.8. The molecule has 2 aliphatic rings. The van der Waals surface area contributed by atoms with Gasteiger partial charge in [-0.15, -0.1) is 5.92 Å². The Morgan fingerprint density at radius 3 is 2.26 bits per heavy atom. The first-order valence-corrected chi connectivity index (χ1v) is 15.5. The van der Waals surface area contributed by atoms with Crippen molar-refractivity contribution in [2.75, 3.05) is 29.9 Å². The summed E-state index contributed by atoms with van der Waals surface area (Å²) in [7, 11) is -7.45. The van der Waals surface area contributed by atoms with Gasteiger partial charge >= 0.3 is 6.09 Å². The van der Waals surface area contributed by atoms with Gasteiger partial charge in [-0.3, -0.25) is 5.32 Å². The van der Waals surface area contributed by atoms with Gasteiger partial charge in [0.1, 0.15) is 22.4 Å². The number of pyridine rings is 1. The van der Waals surface area contributed by atoms with Crippen LogP contribution in [0.25, 0.3) is 0 Å². The largest absolute Gasteiger partial charge is 0.444 e. The number of rotatable bonds is 7. The number of carbonyl (C=O) groups is 1. The maximum Gasteiger partial charge on any atom is 0.413 e. The lowest BCUT2D eigenvalue weighted by Crippen LogP contribution is -2.54. The number of amides is 1. The third-order valence-corrected chi connectivity index (χ3v) is 9.42. The molecule has 1 saturated carbocycles. The number of sulfonamides is 2. The molecule has 1 aliphatic carbocycles. The zero-order chi connectivity index (χ0) is 28.4. The molecular weight excluding hydrogens is 542 g/mol. The molecule has 1 aromatic carbocycles. The summed E-state index contributed by atoms with van der Waals surface area (Å²) in [6, 6.07) is 8.91. The zero-order valence-electron chi connectivity index (χ0n) is 22.3. The SMILES string of the molecule is CC#C[C@H]1CN(S(=O)(=O)c2ccc(NC(=O)OC(C)(C)C)nc2)CCN1c1ccc(S(=O)(=O)NC2CC2)cc1. The van der Waals surface area contributed by atoms with E-state index in [4.69, 9.17) is 4.74 Å². The van der Waals surface area contributed by atoms with Gasteiger partial charge in [-0.1, -0.05) is 5.92 Å². The Morgan fingerprint density at radius 1 is 1.03 bits per heavy atom. The molecule has 13 heteroatoms. The van der Waals surface area contributed by atoms with E-state index in [1.165, 1.54) is 22.6 Å². The average Bonchev–Trinajstić information content (AvgIpc) is 3.67. The van der Waals surface area contributed by atoms with Crippen molar-refractivity contribution in [3.8, 4) is 11.8 Å². The Labute approximate surface area is 230 Å². The number of benzene rings is 1. The second kappa shape index (κ2) is 11.1. The first-order chi connectivity index (χ1) is 18.3. The Morgan fingerprint density at radius 2 is 1.69 bits per heavy atom. The molecule has 0 bridgehead atoms. The number of aromatic nitrogens is 1. The van der Waals surface area contributed by atoms with Gasteiger partial charge in [0.25, 0.3) is 0 Å². The van der Waals surface area contributed by atoms with Crippen LogP contribution in [0.3, 0.4) is 0 Å². The molecule has 2 aromatic rings. The lowest BCUT2D eigenvalue weighted by molar-refractivity contribution is 0.0635. The molecule has 0 unspecified atom stereocenters. The van der Waals surface area contributed by atoms with Gasteiger partial charge in [0.05, 0.1) is 4.90 Å². The van der Waals surface area contributed by atoms with E-state index in [-0.39, 0.29) is 34.7 Å². The minimum Gasteiger partial charge on any atom is -0.444 e. The third-order valence-electron chi connectivity index (χ3n) is 6.04. The lowest BCUT2D eigenvalue weighted by atomic mass is 10.1. The second-order valence-electron chi connectivity index (χ2n) is 10.4. The monoisotopic (exact) mass is 575 g/mol. The van der Waals surface area contributed by atoms with Crippen LogP contribution in [0.2, 0.25) is 0 Å². The highest BCUT2D eigenvalue weighted by molar-refractivity contribution is 7.89. The fraction of sp³-hybridized carbons (Fsp3) is 0.462. The molecule has 210 valence electrons. The molecule has 1 atom stereocenters. The van der Waals surface area contributed by atoms with Gasteiger partial charge in [0.2, 0.25) is 20.0 Å². The molecular formula is C26H33N5O6S2. The van der Waals surface area contributed by atoms with Crippen LogP contribution in [-0.4, -0.2) is 69.5 Å². The standard InChI is InChI=1S/C26H33N5O6S2/c1-5-6-21-18-30(39(35,36)23-13-14-24(27-17-23)28-25(32)37-26(2,3)4)15-16-31(21)20-9-11-22(12-10-20)38(33,34)29-19-7-8-19/h9-14,17,19,21,29H,7-8,15-16,18H2,1-4H3,(H,27,28,32)/t21-/m0/s1. The van der Waals surface area contributed by atoms with Crippen molar-refractivity contribution in [2.45, 2.75) is 68.0 Å². The van der Waals surface area contributed by atoms with Crippen LogP contribution < -0.4 is 14.9 Å². The molecule has 39 heavy (non-hydrogen) atoms. The fourth-order valence-corrected chi connectivity index (χ4v) is 6.73. The topological polar surface area (TPSA) is 138 Å². The van der Waals surface area contributed by atoms with E-state index in [2.05, 4.69) is 26.9 Å². The van der Waals surface area contributed by atoms with Crippen molar-refractivity contribution < 1.29 is 26.4 Å². The van der Waals surface area contributed by atoms with Crippen molar-refractivity contribution in [3.05, 3.63) is 42.6 Å². The number of nitrogens with one attached hydrogen (secondary N) is 2. The highest BCUT2D eigenvalue weighted by Crippen LogP contribution is 2.27. The van der Waals surface area contributed by atoms with Crippen LogP contribution in [0.1, 0.15) is 40.5 Å². The maximum atomic E-state index is 13.4. The molecule has 1 aromatic heterocycles. The number of anilines is 2. The molecule has 4 rings (SSSR count). The average molecular weight is 576 g/mol. The Hall–Kier alpha value is -3.18. The van der Waals surface area contributed by atoms with Crippen molar-refractivity contribution in [1.82, 2.24) is 14.0 Å². The predicted octanol–water partition coefficient (Wildman–Crippen LogP) is 2.77. The summed E-state index contributed by atoms with van der Waals surface area (Å²) in [6.45, 7) is 7.56. The van der Waals surface area contributed by atoms with Gasteiger partial charge < -0.3 is 9.64 Å². The molecule has 1 saturated heterocycles. The number of nitrogens with zero attached hydrogens (tertiary/aromatic N) is 3. The lowest BCUT2D eigenvalue weighted by Gasteiger charge is -2.39. The summed E-state index contributed by atoms with van der Waals surface area (Å²) < 4.78 is 61.0. The number of hydrogen-bond acceptors (Lipinski definition) is 8. The number of piperazine rings is 1. The van der Waals surface area contributed by atoms with E-state index in [0.717, 1.165) is 18.5 Å². The molecule has 0 spiro atoms. The van der Waals surface area contributed by atoms with Crippen molar-refractivity contribution in [3.63, 3.8) is 0 Å². The van der Waals surface area contributed by atoms with E-state index in [0.29, 0.717) is 6.54 Å². The van der Waals surface area contributed by atoms with Crippen molar-refractivity contribution in [1.29, 1.82) is 0 Å². The third kappa shape index (κ3) is 7.27. The highest BCUT2D eigenvalue weighted by atomic mass is 32.2. The van der Waals surface area contributed by atoms with E-state index < -0.39 is 37.8 Å². The molecule has 1 aliphatic heterocycles. The second-order valence-corrected chi connectivity index (χ2v) is 14.0. The van der Waals surface area contributed by atoms with Crippen molar-refractivity contribution >= 4 is 37.6 Å². The molecule has 2 N–H and O–H groups in total. The number of ether oxygens (including phenoxy) is 1. The van der Waals surface area contributed by atoms with Crippen molar-refractivity contribution in [2.24, 2.45) is 0 Å². The summed E-state index contributed by atoms with van der Waals surface area (Å²) in [6.07, 6.45) is 2.22. The zero-order valence-corrected chi connectivity index (χ0v) is 24.0. The normalized spacial score (nSPS) is 18.7. The Bertz CT molecular complexity index is 1470. The summed E-state index contributed by atoms with van der Waals surface area (Å²) in [5.74, 6) is 6.12. The number of hydrogen-bond donors (Lipinski definition) is 2. The summed E-state index contributed by atoms with van der Waals surface area (Å²) in [5.41, 5.74) is 0.0739. The van der Waals surface area contributed by atoms with Gasteiger partial charge in [0.15, 0.2) is 0 Å². The quantitative estimate of drug-likeness (QED) is 0.481. The molecule has 11 nitrogen and oxygen atoms in total. The predicted molar refractivity (Wildman–Crippen MR) is 147 cm³/mol. The van der Waals surface area contributed by atoms with Crippen LogP contribution in [0.4, 0.5) is 16.3 Å².